The Bertz CT molecular complexity index is 812. The topological polar surface area (TPSA) is 64.1 Å². The van der Waals surface area contributed by atoms with Crippen LogP contribution in [0.4, 0.5) is 5.69 Å². The fraction of sp³-hybridized carbons (Fsp3) is 0.188. The number of nitrogens with zero attached hydrogens (tertiary/aromatic N) is 2. The summed E-state index contributed by atoms with van der Waals surface area (Å²) in [7, 11) is 0. The molecule has 2 aromatic carbocycles. The second kappa shape index (κ2) is 6.11. The molecule has 0 fully saturated rings. The summed E-state index contributed by atoms with van der Waals surface area (Å²) in [6.07, 6.45) is 0. The third-order valence-corrected chi connectivity index (χ3v) is 3.84. The van der Waals surface area contributed by atoms with Crippen molar-refractivity contribution in [1.82, 2.24) is 8.75 Å². The van der Waals surface area contributed by atoms with Crippen LogP contribution in [0.2, 0.25) is 0 Å². The first-order valence-electron chi connectivity index (χ1n) is 6.95. The molecule has 1 amide bonds. The van der Waals surface area contributed by atoms with Gasteiger partial charge >= 0.3 is 0 Å². The van der Waals surface area contributed by atoms with Gasteiger partial charge in [-0.1, -0.05) is 6.07 Å². The molecule has 3 aromatic rings. The zero-order chi connectivity index (χ0) is 15.5. The van der Waals surface area contributed by atoms with E-state index in [4.69, 9.17) is 4.74 Å². The molecule has 0 bridgehead atoms. The molecule has 0 unspecified atom stereocenters. The SMILES string of the molecule is CCOc1ccc(C(=O)Nc2c(C)ccc3nsnc23)cc1. The second-order valence-corrected chi connectivity index (χ2v) is 5.33. The van der Waals surface area contributed by atoms with E-state index in [9.17, 15) is 4.79 Å². The Hall–Kier alpha value is -2.47. The minimum Gasteiger partial charge on any atom is -0.494 e. The maximum atomic E-state index is 12.4. The molecule has 0 saturated heterocycles. The molecular weight excluding hydrogens is 298 g/mol. The number of carbonyl (C=O) groups excluding carboxylic acids is 1. The Kier molecular flexibility index (Phi) is 4.02. The molecule has 3 rings (SSSR count). The fourth-order valence-electron chi connectivity index (χ4n) is 2.17. The lowest BCUT2D eigenvalue weighted by Gasteiger charge is -2.09. The predicted molar refractivity (Wildman–Crippen MR) is 87.7 cm³/mol. The zero-order valence-corrected chi connectivity index (χ0v) is 13.1. The lowest BCUT2D eigenvalue weighted by Crippen LogP contribution is -2.13. The number of hydrogen-bond donors (Lipinski definition) is 1. The van der Waals surface area contributed by atoms with Gasteiger partial charge in [-0.3, -0.25) is 4.79 Å². The molecule has 22 heavy (non-hydrogen) atoms. The number of amides is 1. The van der Waals surface area contributed by atoms with E-state index in [0.29, 0.717) is 17.9 Å². The molecule has 6 heteroatoms. The van der Waals surface area contributed by atoms with Gasteiger partial charge in [0.15, 0.2) is 0 Å². The van der Waals surface area contributed by atoms with Crippen molar-refractivity contribution in [3.8, 4) is 5.75 Å². The number of fused-ring (bicyclic) bond motifs is 1. The summed E-state index contributed by atoms with van der Waals surface area (Å²) in [4.78, 5) is 12.4. The molecule has 0 radical (unpaired) electrons. The third kappa shape index (κ3) is 2.78. The van der Waals surface area contributed by atoms with Crippen LogP contribution in [0.25, 0.3) is 11.0 Å². The normalized spacial score (nSPS) is 10.6. The predicted octanol–water partition coefficient (Wildman–Crippen LogP) is 3.65. The van der Waals surface area contributed by atoms with Crippen molar-refractivity contribution in [1.29, 1.82) is 0 Å². The minimum atomic E-state index is -0.174. The van der Waals surface area contributed by atoms with Gasteiger partial charge in [0.1, 0.15) is 16.8 Å². The van der Waals surface area contributed by atoms with Gasteiger partial charge < -0.3 is 10.1 Å². The molecule has 1 heterocycles. The van der Waals surface area contributed by atoms with Crippen molar-refractivity contribution < 1.29 is 9.53 Å². The van der Waals surface area contributed by atoms with Gasteiger partial charge in [-0.25, -0.2) is 0 Å². The summed E-state index contributed by atoms with van der Waals surface area (Å²) < 4.78 is 13.8. The third-order valence-electron chi connectivity index (χ3n) is 3.30. The number of aryl methyl sites for hydroxylation is 1. The first kappa shape index (κ1) is 14.5. The van der Waals surface area contributed by atoms with Gasteiger partial charge in [0.2, 0.25) is 0 Å². The molecule has 1 N–H and O–H groups in total. The van der Waals surface area contributed by atoms with E-state index in [1.54, 1.807) is 24.3 Å². The molecule has 0 atom stereocenters. The van der Waals surface area contributed by atoms with Gasteiger partial charge in [-0.15, -0.1) is 0 Å². The maximum absolute atomic E-state index is 12.4. The van der Waals surface area contributed by atoms with Gasteiger partial charge in [0.25, 0.3) is 5.91 Å². The molecule has 0 aliphatic rings. The van der Waals surface area contributed by atoms with Crippen LogP contribution in [0.15, 0.2) is 36.4 Å². The van der Waals surface area contributed by atoms with Crippen LogP contribution in [-0.2, 0) is 0 Å². The number of nitrogens with one attached hydrogen (secondary N) is 1. The van der Waals surface area contributed by atoms with Crippen molar-refractivity contribution in [2.45, 2.75) is 13.8 Å². The highest BCUT2D eigenvalue weighted by Crippen LogP contribution is 2.26. The van der Waals surface area contributed by atoms with Crippen LogP contribution >= 0.6 is 11.7 Å². The number of aromatic nitrogens is 2. The van der Waals surface area contributed by atoms with Crippen molar-refractivity contribution >= 4 is 34.4 Å². The van der Waals surface area contributed by atoms with Crippen LogP contribution in [0.3, 0.4) is 0 Å². The Balaban J connectivity index is 1.86. The summed E-state index contributed by atoms with van der Waals surface area (Å²) in [5.41, 5.74) is 3.76. The second-order valence-electron chi connectivity index (χ2n) is 4.80. The molecular formula is C16H15N3O2S. The van der Waals surface area contributed by atoms with Gasteiger partial charge in [-0.05, 0) is 49.7 Å². The number of anilines is 1. The Labute approximate surface area is 132 Å². The van der Waals surface area contributed by atoms with Crippen molar-refractivity contribution in [3.05, 3.63) is 47.5 Å². The van der Waals surface area contributed by atoms with E-state index >= 15 is 0 Å². The first-order valence-corrected chi connectivity index (χ1v) is 7.68. The Morgan fingerprint density at radius 2 is 1.95 bits per heavy atom. The number of hydrogen-bond acceptors (Lipinski definition) is 5. The average Bonchev–Trinajstić information content (AvgIpc) is 3.00. The molecule has 1 aromatic heterocycles. The van der Waals surface area contributed by atoms with E-state index in [1.807, 2.05) is 26.0 Å². The Morgan fingerprint density at radius 1 is 1.18 bits per heavy atom. The highest BCUT2D eigenvalue weighted by Gasteiger charge is 2.13. The van der Waals surface area contributed by atoms with Crippen LogP contribution in [0.1, 0.15) is 22.8 Å². The van der Waals surface area contributed by atoms with E-state index in [1.165, 1.54) is 0 Å². The fourth-order valence-corrected chi connectivity index (χ4v) is 2.71. The summed E-state index contributed by atoms with van der Waals surface area (Å²) in [6, 6.07) is 10.9. The number of carbonyl (C=O) groups is 1. The summed E-state index contributed by atoms with van der Waals surface area (Å²) in [5, 5.41) is 2.93. The van der Waals surface area contributed by atoms with Gasteiger partial charge in [-0.2, -0.15) is 8.75 Å². The van der Waals surface area contributed by atoms with Crippen molar-refractivity contribution in [2.24, 2.45) is 0 Å². The van der Waals surface area contributed by atoms with Gasteiger partial charge in [0.05, 0.1) is 24.0 Å². The van der Waals surface area contributed by atoms with E-state index in [0.717, 1.165) is 34.1 Å². The summed E-state index contributed by atoms with van der Waals surface area (Å²) in [6.45, 7) is 4.46. The molecule has 0 aliphatic carbocycles. The largest absolute Gasteiger partial charge is 0.494 e. The standard InChI is InChI=1S/C16H15N3O2S/c1-3-21-12-7-5-11(6-8-12)16(20)17-14-10(2)4-9-13-15(14)19-22-18-13/h4-9H,3H2,1-2H3,(H,17,20). The van der Waals surface area contributed by atoms with E-state index in [-0.39, 0.29) is 5.91 Å². The smallest absolute Gasteiger partial charge is 0.255 e. The zero-order valence-electron chi connectivity index (χ0n) is 12.3. The van der Waals surface area contributed by atoms with Crippen LogP contribution in [0.5, 0.6) is 5.75 Å². The van der Waals surface area contributed by atoms with Crippen LogP contribution < -0.4 is 10.1 Å². The lowest BCUT2D eigenvalue weighted by atomic mass is 10.1. The summed E-state index contributed by atoms with van der Waals surface area (Å²) in [5.74, 6) is 0.577. The summed E-state index contributed by atoms with van der Waals surface area (Å²) >= 11 is 1.14. The molecule has 0 saturated carbocycles. The molecule has 0 aliphatic heterocycles. The minimum absolute atomic E-state index is 0.174. The molecule has 112 valence electrons. The van der Waals surface area contributed by atoms with Crippen LogP contribution in [-0.4, -0.2) is 21.3 Å². The van der Waals surface area contributed by atoms with E-state index in [2.05, 4.69) is 14.1 Å². The average molecular weight is 313 g/mol. The maximum Gasteiger partial charge on any atom is 0.255 e. The highest BCUT2D eigenvalue weighted by molar-refractivity contribution is 7.00. The van der Waals surface area contributed by atoms with Crippen molar-refractivity contribution in [3.63, 3.8) is 0 Å². The molecule has 0 spiro atoms. The monoisotopic (exact) mass is 313 g/mol. The highest BCUT2D eigenvalue weighted by atomic mass is 32.1. The lowest BCUT2D eigenvalue weighted by molar-refractivity contribution is 0.102. The number of ether oxygens (including phenoxy) is 1. The molecule has 5 nitrogen and oxygen atoms in total. The van der Waals surface area contributed by atoms with Gasteiger partial charge in [0, 0.05) is 5.56 Å². The van der Waals surface area contributed by atoms with Crippen LogP contribution in [0, 0.1) is 6.92 Å². The van der Waals surface area contributed by atoms with E-state index < -0.39 is 0 Å². The first-order chi connectivity index (χ1) is 10.7. The van der Waals surface area contributed by atoms with Crippen molar-refractivity contribution in [2.75, 3.05) is 11.9 Å². The Morgan fingerprint density at radius 3 is 2.68 bits per heavy atom. The number of benzene rings is 2. The quantitative estimate of drug-likeness (QED) is 0.798. The number of rotatable bonds is 4.